The van der Waals surface area contributed by atoms with Gasteiger partial charge in [-0.25, -0.2) is 4.39 Å². The minimum Gasteiger partial charge on any atom is -0.325 e. The molecule has 0 aromatic heterocycles. The van der Waals surface area contributed by atoms with Crippen LogP contribution >= 0.6 is 0 Å². The summed E-state index contributed by atoms with van der Waals surface area (Å²) >= 11 is 0. The van der Waals surface area contributed by atoms with E-state index in [2.05, 4.69) is 5.32 Å². The number of anilines is 1. The molecule has 0 fully saturated rings. The Morgan fingerprint density at radius 2 is 1.86 bits per heavy atom. The normalized spacial score (nSPS) is 10.8. The van der Waals surface area contributed by atoms with Crippen molar-refractivity contribution in [2.24, 2.45) is 0 Å². The molecule has 4 heteroatoms. The molecule has 0 saturated heterocycles. The molecule has 106 valence electrons. The molecule has 0 unspecified atom stereocenters. The topological polar surface area (TPSA) is 52.9 Å². The van der Waals surface area contributed by atoms with Crippen LogP contribution in [0.4, 0.5) is 10.1 Å². The molecule has 0 spiro atoms. The molecule has 0 radical (unpaired) electrons. The predicted molar refractivity (Wildman–Crippen MR) is 79.2 cm³/mol. The Bertz CT molecular complexity index is 702. The van der Waals surface area contributed by atoms with Gasteiger partial charge in [0.2, 0.25) is 5.91 Å². The van der Waals surface area contributed by atoms with E-state index in [1.54, 1.807) is 6.07 Å². The van der Waals surface area contributed by atoms with E-state index in [0.29, 0.717) is 5.69 Å². The number of rotatable bonds is 3. The molecule has 0 atom stereocenters. The third-order valence-corrected chi connectivity index (χ3v) is 3.41. The fourth-order valence-corrected chi connectivity index (χ4v) is 1.96. The first-order chi connectivity index (χ1) is 9.95. The van der Waals surface area contributed by atoms with Crippen LogP contribution in [0.25, 0.3) is 0 Å². The quantitative estimate of drug-likeness (QED) is 0.934. The Labute approximate surface area is 123 Å². The van der Waals surface area contributed by atoms with Crippen LogP contribution in [0.3, 0.4) is 0 Å². The molecule has 3 nitrogen and oxygen atoms in total. The van der Waals surface area contributed by atoms with Gasteiger partial charge in [-0.3, -0.25) is 4.79 Å². The van der Waals surface area contributed by atoms with Gasteiger partial charge in [-0.05, 0) is 37.6 Å². The van der Waals surface area contributed by atoms with E-state index in [9.17, 15) is 9.18 Å². The third kappa shape index (κ3) is 3.09. The van der Waals surface area contributed by atoms with Crippen LogP contribution in [0.5, 0.6) is 0 Å². The molecule has 0 aliphatic rings. The van der Waals surface area contributed by atoms with Crippen molar-refractivity contribution in [3.8, 4) is 6.07 Å². The number of carbonyl (C=O) groups is 1. The molecule has 2 rings (SSSR count). The Hall–Kier alpha value is -2.67. The van der Waals surface area contributed by atoms with Gasteiger partial charge < -0.3 is 5.32 Å². The summed E-state index contributed by atoms with van der Waals surface area (Å²) in [7, 11) is 0. The highest BCUT2D eigenvalue weighted by atomic mass is 19.1. The van der Waals surface area contributed by atoms with Gasteiger partial charge in [0.15, 0.2) is 0 Å². The number of nitriles is 1. The van der Waals surface area contributed by atoms with Gasteiger partial charge in [0.1, 0.15) is 11.9 Å². The first kappa shape index (κ1) is 14.7. The largest absolute Gasteiger partial charge is 0.325 e. The molecule has 0 heterocycles. The molecule has 21 heavy (non-hydrogen) atoms. The monoisotopic (exact) mass is 282 g/mol. The fraction of sp³-hybridized carbons (Fsp3) is 0.176. The number of benzene rings is 2. The fourth-order valence-electron chi connectivity index (χ4n) is 1.96. The van der Waals surface area contributed by atoms with E-state index in [4.69, 9.17) is 5.26 Å². The second-order valence-electron chi connectivity index (χ2n) is 5.25. The summed E-state index contributed by atoms with van der Waals surface area (Å²) in [5.74, 6) is -0.818. The van der Waals surface area contributed by atoms with Gasteiger partial charge in [-0.15, -0.1) is 0 Å². The number of nitrogens with zero attached hydrogens (tertiary/aromatic N) is 1. The minimum absolute atomic E-state index is 0.0923. The Balaban J connectivity index is 2.24. The summed E-state index contributed by atoms with van der Waals surface area (Å²) in [4.78, 5) is 12.4. The van der Waals surface area contributed by atoms with Crippen LogP contribution in [-0.4, -0.2) is 5.91 Å². The second-order valence-corrected chi connectivity index (χ2v) is 5.25. The van der Waals surface area contributed by atoms with Crippen molar-refractivity contribution < 1.29 is 9.18 Å². The van der Waals surface area contributed by atoms with Crippen molar-refractivity contribution in [2.45, 2.75) is 19.3 Å². The summed E-state index contributed by atoms with van der Waals surface area (Å²) in [5, 5.41) is 11.5. The Morgan fingerprint density at radius 1 is 1.19 bits per heavy atom. The molecular weight excluding hydrogens is 267 g/mol. The van der Waals surface area contributed by atoms with Crippen LogP contribution < -0.4 is 5.32 Å². The van der Waals surface area contributed by atoms with E-state index >= 15 is 0 Å². The average molecular weight is 282 g/mol. The predicted octanol–water partition coefficient (Wildman–Crippen LogP) is 3.61. The number of halogens is 1. The van der Waals surface area contributed by atoms with Gasteiger partial charge in [0.25, 0.3) is 0 Å². The van der Waals surface area contributed by atoms with Crippen molar-refractivity contribution >= 4 is 11.6 Å². The Kier molecular flexibility index (Phi) is 4.04. The maximum absolute atomic E-state index is 13.3. The summed E-state index contributed by atoms with van der Waals surface area (Å²) in [6, 6.07) is 15.1. The number of nitrogens with one attached hydrogen (secondary N) is 1. The zero-order valence-electron chi connectivity index (χ0n) is 11.9. The van der Waals surface area contributed by atoms with Gasteiger partial charge >= 0.3 is 0 Å². The summed E-state index contributed by atoms with van der Waals surface area (Å²) in [6.07, 6.45) is 0. The van der Waals surface area contributed by atoms with Crippen molar-refractivity contribution in [3.63, 3.8) is 0 Å². The van der Waals surface area contributed by atoms with Crippen LogP contribution in [0.15, 0.2) is 48.5 Å². The lowest BCUT2D eigenvalue weighted by Crippen LogP contribution is -2.34. The maximum Gasteiger partial charge on any atom is 0.234 e. The summed E-state index contributed by atoms with van der Waals surface area (Å²) < 4.78 is 13.3. The molecule has 2 aromatic carbocycles. The smallest absolute Gasteiger partial charge is 0.234 e. The molecule has 1 amide bonds. The minimum atomic E-state index is -0.734. The van der Waals surface area contributed by atoms with Gasteiger partial charge in [0, 0.05) is 5.69 Å². The highest BCUT2D eigenvalue weighted by Crippen LogP contribution is 2.25. The molecule has 1 N–H and O–H groups in total. The van der Waals surface area contributed by atoms with Gasteiger partial charge in [-0.1, -0.05) is 30.3 Å². The summed E-state index contributed by atoms with van der Waals surface area (Å²) in [6.45, 7) is 3.62. The van der Waals surface area contributed by atoms with Crippen LogP contribution in [-0.2, 0) is 10.2 Å². The maximum atomic E-state index is 13.3. The highest BCUT2D eigenvalue weighted by molar-refractivity contribution is 5.98. The molecule has 0 aliphatic carbocycles. The zero-order valence-corrected chi connectivity index (χ0v) is 11.9. The van der Waals surface area contributed by atoms with Crippen molar-refractivity contribution in [1.82, 2.24) is 0 Å². The van der Waals surface area contributed by atoms with E-state index in [0.717, 1.165) is 5.56 Å². The zero-order chi connectivity index (χ0) is 15.5. The lowest BCUT2D eigenvalue weighted by atomic mass is 9.83. The molecule has 0 saturated carbocycles. The Morgan fingerprint density at radius 3 is 2.48 bits per heavy atom. The third-order valence-electron chi connectivity index (χ3n) is 3.41. The SMILES string of the molecule is CC(C)(C(=O)Nc1ccc(F)c(C#N)c1)c1ccccc1. The number of hydrogen-bond acceptors (Lipinski definition) is 2. The van der Waals surface area contributed by atoms with E-state index in [-0.39, 0.29) is 11.5 Å². The first-order valence-corrected chi connectivity index (χ1v) is 6.52. The van der Waals surface area contributed by atoms with Gasteiger partial charge in [0.05, 0.1) is 11.0 Å². The van der Waals surface area contributed by atoms with E-state index in [1.807, 2.05) is 44.2 Å². The lowest BCUT2D eigenvalue weighted by molar-refractivity contribution is -0.120. The van der Waals surface area contributed by atoms with E-state index < -0.39 is 11.2 Å². The number of amides is 1. The lowest BCUT2D eigenvalue weighted by Gasteiger charge is -2.24. The first-order valence-electron chi connectivity index (χ1n) is 6.52. The second kappa shape index (κ2) is 5.76. The molecular formula is C17H15FN2O. The van der Waals surface area contributed by atoms with Crippen molar-refractivity contribution in [1.29, 1.82) is 5.26 Å². The van der Waals surface area contributed by atoms with Crippen LogP contribution in [0.1, 0.15) is 25.0 Å². The van der Waals surface area contributed by atoms with Crippen molar-refractivity contribution in [3.05, 3.63) is 65.5 Å². The van der Waals surface area contributed by atoms with E-state index in [1.165, 1.54) is 18.2 Å². The number of hydrogen-bond donors (Lipinski definition) is 1. The van der Waals surface area contributed by atoms with Crippen LogP contribution in [0, 0.1) is 17.1 Å². The summed E-state index contributed by atoms with van der Waals surface area (Å²) in [5.41, 5.74) is 0.458. The van der Waals surface area contributed by atoms with Crippen molar-refractivity contribution in [2.75, 3.05) is 5.32 Å². The highest BCUT2D eigenvalue weighted by Gasteiger charge is 2.29. The van der Waals surface area contributed by atoms with Gasteiger partial charge in [-0.2, -0.15) is 5.26 Å². The van der Waals surface area contributed by atoms with Crippen LogP contribution in [0.2, 0.25) is 0 Å². The molecule has 0 bridgehead atoms. The average Bonchev–Trinajstić information content (AvgIpc) is 2.50. The number of carbonyl (C=O) groups excluding carboxylic acids is 1. The molecule has 0 aliphatic heterocycles. The molecule has 2 aromatic rings. The standard InChI is InChI=1S/C17H15FN2O/c1-17(2,13-6-4-3-5-7-13)16(21)20-14-8-9-15(18)12(10-14)11-19/h3-10H,1-2H3,(H,20,21).